The summed E-state index contributed by atoms with van der Waals surface area (Å²) in [6.45, 7) is 8.96. The van der Waals surface area contributed by atoms with Crippen LogP contribution in [0.15, 0.2) is 24.3 Å². The van der Waals surface area contributed by atoms with Crippen molar-refractivity contribution in [1.82, 2.24) is 10.4 Å². The van der Waals surface area contributed by atoms with Crippen LogP contribution in [0.25, 0.3) is 11.0 Å². The second-order valence-corrected chi connectivity index (χ2v) is 4.36. The van der Waals surface area contributed by atoms with Gasteiger partial charge in [-0.05, 0) is 25.6 Å². The van der Waals surface area contributed by atoms with Gasteiger partial charge in [-0.15, -0.1) is 0 Å². The van der Waals surface area contributed by atoms with Gasteiger partial charge in [0, 0.05) is 10.9 Å². The number of hydrogen-bond acceptors (Lipinski definition) is 5. The Kier molecular flexibility index (Phi) is 7.17. The van der Waals surface area contributed by atoms with Crippen molar-refractivity contribution in [3.05, 3.63) is 34.7 Å². The molecule has 0 aliphatic heterocycles. The summed E-state index contributed by atoms with van der Waals surface area (Å²) in [7, 11) is 0. The molecule has 1 heterocycles. The average molecular weight is 293 g/mol. The number of benzene rings is 1. The van der Waals surface area contributed by atoms with E-state index in [1.54, 1.807) is 24.3 Å². The number of para-hydroxylation sites is 2. The molecule has 2 aromatic rings. The van der Waals surface area contributed by atoms with Gasteiger partial charge in [0.25, 0.3) is 5.52 Å². The van der Waals surface area contributed by atoms with Gasteiger partial charge in [-0.2, -0.15) is 0 Å². The lowest BCUT2D eigenvalue weighted by molar-refractivity contribution is -0.672. The number of anilines is 1. The molecule has 0 unspecified atom stereocenters. The minimum atomic E-state index is 0.0375. The van der Waals surface area contributed by atoms with Crippen LogP contribution < -0.4 is 20.2 Å². The summed E-state index contributed by atoms with van der Waals surface area (Å²) in [4.78, 5) is 0.460. The first-order chi connectivity index (χ1) is 10.2. The molecule has 1 aromatic heterocycles. The first kappa shape index (κ1) is 16.9. The Bertz CT molecular complexity index is 560. The molecule has 0 fully saturated rings. The molecule has 0 bridgehead atoms. The normalized spacial score (nSPS) is 10.0. The molecule has 7 heteroatoms. The minimum absolute atomic E-state index is 0.0375. The fraction of sp³-hybridized carbons (Fsp3) is 0.500. The Morgan fingerprint density at radius 1 is 1.05 bits per heavy atom. The zero-order valence-corrected chi connectivity index (χ0v) is 12.8. The molecule has 0 spiro atoms. The third kappa shape index (κ3) is 4.71. The summed E-state index contributed by atoms with van der Waals surface area (Å²) in [6.07, 6.45) is 0.855. The molecule has 2 N–H and O–H groups in total. The van der Waals surface area contributed by atoms with Gasteiger partial charge in [-0.3, -0.25) is 5.32 Å². The summed E-state index contributed by atoms with van der Waals surface area (Å²) >= 11 is 0. The zero-order valence-electron chi connectivity index (χ0n) is 12.8. The molecule has 0 aliphatic rings. The van der Waals surface area contributed by atoms with Gasteiger partial charge in [-0.25, -0.2) is 4.73 Å². The van der Waals surface area contributed by atoms with Gasteiger partial charge in [0.1, 0.15) is 0 Å². The highest BCUT2D eigenvalue weighted by Gasteiger charge is 2.18. The summed E-state index contributed by atoms with van der Waals surface area (Å²) < 4.78 is 0.638. The maximum atomic E-state index is 11.8. The maximum absolute atomic E-state index is 11.8. The van der Waals surface area contributed by atoms with Crippen molar-refractivity contribution in [2.24, 2.45) is 0 Å². The largest absolute Gasteiger partial charge is 0.739 e. The van der Waals surface area contributed by atoms with Crippen LogP contribution in [-0.4, -0.2) is 24.7 Å². The second-order valence-electron chi connectivity index (χ2n) is 4.36. The topological polar surface area (TPSA) is 90.8 Å². The maximum Gasteiger partial charge on any atom is 0.460 e. The number of nitrogens with zero attached hydrogens (tertiary/aromatic N) is 3. The summed E-state index contributed by atoms with van der Waals surface area (Å²) in [5.41, 5.74) is 0.575. The SMILES string of the molecule is CCCNc1n[n+]([O-])c2ccccc2[n+]1[O-].CCNCC. The van der Waals surface area contributed by atoms with Gasteiger partial charge in [0.15, 0.2) is 5.52 Å². The number of hydrogen-bond donors (Lipinski definition) is 2. The highest BCUT2D eigenvalue weighted by Crippen LogP contribution is 2.05. The van der Waals surface area contributed by atoms with Crippen molar-refractivity contribution < 1.29 is 9.58 Å². The molecular formula is C14H23N5O2. The van der Waals surface area contributed by atoms with E-state index in [1.165, 1.54) is 0 Å². The van der Waals surface area contributed by atoms with Gasteiger partial charge in [0.05, 0.1) is 6.54 Å². The molecule has 2 rings (SSSR count). The van der Waals surface area contributed by atoms with Gasteiger partial charge >= 0.3 is 5.95 Å². The van der Waals surface area contributed by atoms with E-state index in [9.17, 15) is 10.4 Å². The van der Waals surface area contributed by atoms with Crippen molar-refractivity contribution >= 4 is 17.0 Å². The molecule has 0 radical (unpaired) electrons. The summed E-state index contributed by atoms with van der Waals surface area (Å²) in [5, 5.41) is 32.9. The highest BCUT2D eigenvalue weighted by atomic mass is 16.5. The number of aromatic nitrogens is 3. The van der Waals surface area contributed by atoms with E-state index in [1.807, 2.05) is 6.92 Å². The van der Waals surface area contributed by atoms with E-state index in [4.69, 9.17) is 0 Å². The van der Waals surface area contributed by atoms with E-state index in [-0.39, 0.29) is 11.5 Å². The van der Waals surface area contributed by atoms with Gasteiger partial charge in [0.2, 0.25) is 5.10 Å². The number of nitrogens with one attached hydrogen (secondary N) is 2. The molecule has 21 heavy (non-hydrogen) atoms. The van der Waals surface area contributed by atoms with E-state index in [2.05, 4.69) is 29.6 Å². The smallest absolute Gasteiger partial charge is 0.460 e. The lowest BCUT2D eigenvalue weighted by Gasteiger charge is -2.09. The molecule has 0 saturated carbocycles. The molecule has 7 nitrogen and oxygen atoms in total. The van der Waals surface area contributed by atoms with Gasteiger partial charge < -0.3 is 15.7 Å². The first-order valence-corrected chi connectivity index (χ1v) is 7.22. The Morgan fingerprint density at radius 3 is 2.19 bits per heavy atom. The Morgan fingerprint density at radius 2 is 1.67 bits per heavy atom. The monoisotopic (exact) mass is 293 g/mol. The lowest BCUT2D eigenvalue weighted by Crippen LogP contribution is -2.44. The fourth-order valence-electron chi connectivity index (χ4n) is 1.69. The van der Waals surface area contributed by atoms with Crippen LogP contribution in [0.2, 0.25) is 0 Å². The van der Waals surface area contributed by atoms with Crippen LogP contribution in [0.1, 0.15) is 27.2 Å². The molecule has 0 aliphatic carbocycles. The zero-order chi connectivity index (χ0) is 15.7. The van der Waals surface area contributed by atoms with Crippen LogP contribution in [0.5, 0.6) is 0 Å². The predicted octanol–water partition coefficient (Wildman–Crippen LogP) is 0.939. The third-order valence-electron chi connectivity index (χ3n) is 2.72. The van der Waals surface area contributed by atoms with Crippen molar-refractivity contribution in [3.8, 4) is 0 Å². The number of fused-ring (bicyclic) bond motifs is 1. The van der Waals surface area contributed by atoms with Crippen LogP contribution in [0.3, 0.4) is 0 Å². The molecule has 0 amide bonds. The van der Waals surface area contributed by atoms with E-state index >= 15 is 0 Å². The van der Waals surface area contributed by atoms with Crippen molar-refractivity contribution in [2.45, 2.75) is 27.2 Å². The Balaban J connectivity index is 0.000000383. The van der Waals surface area contributed by atoms with E-state index < -0.39 is 0 Å². The standard InChI is InChI=1S/C10H12N4O2.C4H11N/c1-2-7-11-10-12-14(16)9-6-4-3-5-8(9)13(10)15;1-3-5-4-2/h3-6H,2,7H2,1H3,(H,11,12);5H,3-4H2,1-2H3. The molecule has 116 valence electrons. The Labute approximate surface area is 124 Å². The van der Waals surface area contributed by atoms with E-state index in [0.717, 1.165) is 19.5 Å². The minimum Gasteiger partial charge on any atom is -0.739 e. The summed E-state index contributed by atoms with van der Waals surface area (Å²) in [6, 6.07) is 6.56. The van der Waals surface area contributed by atoms with Gasteiger partial charge in [-0.1, -0.05) is 32.9 Å². The predicted molar refractivity (Wildman–Crippen MR) is 82.7 cm³/mol. The van der Waals surface area contributed by atoms with E-state index in [0.29, 0.717) is 21.6 Å². The molecular weight excluding hydrogens is 270 g/mol. The first-order valence-electron chi connectivity index (χ1n) is 7.22. The summed E-state index contributed by atoms with van der Waals surface area (Å²) in [5.74, 6) is 0.0375. The Hall–Kier alpha value is -2.15. The van der Waals surface area contributed by atoms with Crippen LogP contribution >= 0.6 is 0 Å². The quantitative estimate of drug-likeness (QED) is 0.632. The number of rotatable bonds is 5. The van der Waals surface area contributed by atoms with Crippen LogP contribution in [-0.2, 0) is 0 Å². The average Bonchev–Trinajstić information content (AvgIpc) is 2.51. The third-order valence-corrected chi connectivity index (χ3v) is 2.72. The lowest BCUT2D eigenvalue weighted by atomic mass is 10.3. The highest BCUT2D eigenvalue weighted by molar-refractivity contribution is 5.67. The second kappa shape index (κ2) is 8.91. The molecule has 0 saturated heterocycles. The van der Waals surface area contributed by atoms with Crippen molar-refractivity contribution in [1.29, 1.82) is 0 Å². The molecule has 0 atom stereocenters. The fourth-order valence-corrected chi connectivity index (χ4v) is 1.69. The van der Waals surface area contributed by atoms with Crippen LogP contribution in [0, 0.1) is 10.4 Å². The van der Waals surface area contributed by atoms with Crippen molar-refractivity contribution in [2.75, 3.05) is 25.0 Å². The van der Waals surface area contributed by atoms with Crippen molar-refractivity contribution in [3.63, 3.8) is 0 Å². The molecule has 1 aromatic carbocycles. The van der Waals surface area contributed by atoms with Crippen LogP contribution in [0.4, 0.5) is 5.95 Å².